The number of carbonyl (C=O) groups is 1. The van der Waals surface area contributed by atoms with Crippen LogP contribution in [0.1, 0.15) is 52.0 Å². The van der Waals surface area contributed by atoms with Crippen LogP contribution in [0, 0.1) is 18.7 Å². The maximum absolute atomic E-state index is 14.4. The van der Waals surface area contributed by atoms with Crippen LogP contribution >= 0.6 is 0 Å². The Morgan fingerprint density at radius 2 is 2.00 bits per heavy atom. The molecule has 2 aromatic heterocycles. The van der Waals surface area contributed by atoms with Crippen molar-refractivity contribution in [1.82, 2.24) is 14.7 Å². The number of hydrogen-bond acceptors (Lipinski definition) is 8. The van der Waals surface area contributed by atoms with E-state index in [1.165, 1.54) is 36.4 Å². The molecule has 1 fully saturated rings. The maximum atomic E-state index is 14.4. The molecule has 0 spiro atoms. The number of benzene rings is 1. The van der Waals surface area contributed by atoms with Gasteiger partial charge in [0.1, 0.15) is 17.1 Å². The third-order valence-electron chi connectivity index (χ3n) is 5.92. The largest absolute Gasteiger partial charge is 0.493 e. The number of halogens is 1. The smallest absolute Gasteiger partial charge is 0.281 e. The van der Waals surface area contributed by atoms with Crippen molar-refractivity contribution < 1.29 is 34.7 Å². The van der Waals surface area contributed by atoms with Gasteiger partial charge in [0.2, 0.25) is 5.88 Å². The molecular formula is C28H36FN3O6S. The van der Waals surface area contributed by atoms with Gasteiger partial charge < -0.3 is 14.2 Å². The van der Waals surface area contributed by atoms with Crippen LogP contribution in [0.2, 0.25) is 0 Å². The van der Waals surface area contributed by atoms with E-state index in [9.17, 15) is 17.6 Å². The van der Waals surface area contributed by atoms with Gasteiger partial charge in [-0.05, 0) is 62.1 Å². The molecule has 11 heteroatoms. The van der Waals surface area contributed by atoms with Gasteiger partial charge in [0.25, 0.3) is 15.9 Å². The summed E-state index contributed by atoms with van der Waals surface area (Å²) in [5.41, 5.74) is 1.15. The molecule has 3 aromatic rings. The number of sulfonamides is 1. The lowest BCUT2D eigenvalue weighted by Crippen LogP contribution is -2.31. The molecule has 1 aliphatic heterocycles. The number of carbonyl (C=O) groups excluding carboxylic acids is 1. The molecule has 1 amide bonds. The highest BCUT2D eigenvalue weighted by Gasteiger charge is 2.24. The van der Waals surface area contributed by atoms with E-state index >= 15 is 0 Å². The van der Waals surface area contributed by atoms with Crippen LogP contribution in [-0.2, 0) is 14.8 Å². The molecule has 0 bridgehead atoms. The van der Waals surface area contributed by atoms with E-state index < -0.39 is 21.7 Å². The molecule has 4 rings (SSSR count). The second-order valence-electron chi connectivity index (χ2n) is 9.75. The van der Waals surface area contributed by atoms with Crippen LogP contribution in [0.25, 0.3) is 11.3 Å². The van der Waals surface area contributed by atoms with Crippen molar-refractivity contribution in [2.45, 2.75) is 51.2 Å². The van der Waals surface area contributed by atoms with Gasteiger partial charge in [0, 0.05) is 33.2 Å². The highest BCUT2D eigenvalue weighted by Crippen LogP contribution is 2.28. The van der Waals surface area contributed by atoms with Crippen LogP contribution in [0.4, 0.5) is 4.39 Å². The Kier molecular flexibility index (Phi) is 9.13. The lowest BCUT2D eigenvalue weighted by molar-refractivity contribution is 0.0888. The van der Waals surface area contributed by atoms with E-state index in [1.54, 1.807) is 19.1 Å². The first-order valence-corrected chi connectivity index (χ1v) is 14.3. The minimum atomic E-state index is -4.25. The van der Waals surface area contributed by atoms with E-state index in [1.807, 2.05) is 18.6 Å². The Balaban J connectivity index is 0.00000294. The molecule has 1 saturated heterocycles. The van der Waals surface area contributed by atoms with Crippen molar-refractivity contribution in [3.63, 3.8) is 0 Å². The highest BCUT2D eigenvalue weighted by atomic mass is 32.2. The number of hydrogen-bond donors (Lipinski definition) is 1. The van der Waals surface area contributed by atoms with E-state index in [0.29, 0.717) is 42.3 Å². The van der Waals surface area contributed by atoms with Gasteiger partial charge >= 0.3 is 0 Å². The van der Waals surface area contributed by atoms with Crippen LogP contribution in [0.5, 0.6) is 11.6 Å². The van der Waals surface area contributed by atoms with Crippen molar-refractivity contribution in [2.24, 2.45) is 5.92 Å². The first-order valence-electron chi connectivity index (χ1n) is 12.8. The highest BCUT2D eigenvalue weighted by molar-refractivity contribution is 7.90. The fourth-order valence-electron chi connectivity index (χ4n) is 4.00. The first-order chi connectivity index (χ1) is 18.6. The minimum absolute atomic E-state index is 0. The summed E-state index contributed by atoms with van der Waals surface area (Å²) in [6, 6.07) is 11.6. The van der Waals surface area contributed by atoms with Crippen LogP contribution in [0.15, 0.2) is 53.6 Å². The molecule has 1 aliphatic rings. The number of rotatable bonds is 11. The average molecular weight is 562 g/mol. The molecule has 1 N–H and O–H groups in total. The van der Waals surface area contributed by atoms with Crippen molar-refractivity contribution >= 4 is 15.9 Å². The molecule has 0 aliphatic carbocycles. The molecule has 1 aromatic carbocycles. The Labute approximate surface area is 230 Å². The molecular weight excluding hydrogens is 525 g/mol. The third kappa shape index (κ3) is 7.73. The van der Waals surface area contributed by atoms with Gasteiger partial charge in [-0.15, -0.1) is 0 Å². The molecule has 9 nitrogen and oxygen atoms in total. The van der Waals surface area contributed by atoms with Crippen molar-refractivity contribution in [3.8, 4) is 22.9 Å². The van der Waals surface area contributed by atoms with E-state index in [2.05, 4.69) is 9.97 Å². The summed E-state index contributed by atoms with van der Waals surface area (Å²) in [6.45, 7) is 6.92. The number of amides is 1. The fourth-order valence-corrected chi connectivity index (χ4v) is 4.98. The second-order valence-corrected chi connectivity index (χ2v) is 11.4. The maximum Gasteiger partial charge on any atom is 0.281 e. The van der Waals surface area contributed by atoms with Gasteiger partial charge in [-0.3, -0.25) is 4.79 Å². The Bertz CT molecular complexity index is 1440. The monoisotopic (exact) mass is 561 g/mol. The van der Waals surface area contributed by atoms with Crippen LogP contribution in [0.3, 0.4) is 0 Å². The fraction of sp³-hybridized carbons (Fsp3) is 0.393. The van der Waals surface area contributed by atoms with E-state index in [-0.39, 0.29) is 38.0 Å². The standard InChI is InChI=1S/C28H32FN3O6S.2H2/c1-18(2)17-38-23-15-20(14-21(29)16-23)25-10-9-24(28(31-25)37-13-11-22-7-5-12-36-22)27(33)32-39(34,35)26-8-4-6-19(3)30-26;;/h4,6,8-10,14-16,18,22H,5,7,11-13,17H2,1-3H3,(H,32,33);2*1H. The zero-order valence-electron chi connectivity index (χ0n) is 22.1. The zero-order chi connectivity index (χ0) is 28.0. The normalized spacial score (nSPS) is 15.4. The summed E-state index contributed by atoms with van der Waals surface area (Å²) in [5, 5.41) is -0.282. The molecule has 1 atom stereocenters. The summed E-state index contributed by atoms with van der Waals surface area (Å²) in [7, 11) is -4.25. The number of aromatic nitrogens is 2. The first kappa shape index (κ1) is 28.4. The number of nitrogens with one attached hydrogen (secondary N) is 1. The summed E-state index contributed by atoms with van der Waals surface area (Å²) >= 11 is 0. The minimum Gasteiger partial charge on any atom is -0.493 e. The lowest BCUT2D eigenvalue weighted by Gasteiger charge is -2.15. The summed E-state index contributed by atoms with van der Waals surface area (Å²) in [5.74, 6) is -0.913. The van der Waals surface area contributed by atoms with Crippen LogP contribution in [-0.4, -0.2) is 50.2 Å². The second kappa shape index (κ2) is 12.5. The summed E-state index contributed by atoms with van der Waals surface area (Å²) in [4.78, 5) is 21.6. The number of nitrogens with zero attached hydrogens (tertiary/aromatic N) is 2. The number of pyridine rings is 2. The number of ether oxygens (including phenoxy) is 3. The molecule has 1 unspecified atom stereocenters. The van der Waals surface area contributed by atoms with Gasteiger partial charge in [0.15, 0.2) is 5.03 Å². The quantitative estimate of drug-likeness (QED) is 0.340. The number of aryl methyl sites for hydroxylation is 1. The van der Waals surface area contributed by atoms with Gasteiger partial charge in [-0.25, -0.2) is 19.1 Å². The van der Waals surface area contributed by atoms with Gasteiger partial charge in [-0.2, -0.15) is 8.42 Å². The molecule has 0 radical (unpaired) electrons. The Morgan fingerprint density at radius 3 is 2.72 bits per heavy atom. The van der Waals surface area contributed by atoms with Crippen molar-refractivity contribution in [2.75, 3.05) is 19.8 Å². The molecule has 212 valence electrons. The average Bonchev–Trinajstić information content (AvgIpc) is 3.40. The van der Waals surface area contributed by atoms with Crippen LogP contribution < -0.4 is 14.2 Å². The Hall–Kier alpha value is -3.57. The van der Waals surface area contributed by atoms with E-state index in [0.717, 1.165) is 12.8 Å². The topological polar surface area (TPSA) is 117 Å². The Morgan fingerprint density at radius 1 is 1.18 bits per heavy atom. The zero-order valence-corrected chi connectivity index (χ0v) is 23.0. The van der Waals surface area contributed by atoms with Crippen molar-refractivity contribution in [1.29, 1.82) is 0 Å². The molecule has 0 saturated carbocycles. The molecule has 3 heterocycles. The SMILES string of the molecule is Cc1cccc(S(=O)(=O)NC(=O)c2ccc(-c3cc(F)cc(OCC(C)C)c3)nc2OCCC2CCCO2)n1.[HH].[HH]. The predicted octanol–water partition coefficient (Wildman–Crippen LogP) is 5.18. The lowest BCUT2D eigenvalue weighted by atomic mass is 10.1. The van der Waals surface area contributed by atoms with E-state index in [4.69, 9.17) is 14.2 Å². The van der Waals surface area contributed by atoms with Gasteiger partial charge in [-0.1, -0.05) is 19.9 Å². The van der Waals surface area contributed by atoms with Crippen molar-refractivity contribution in [3.05, 3.63) is 65.6 Å². The summed E-state index contributed by atoms with van der Waals surface area (Å²) in [6.07, 6.45) is 2.50. The molecule has 39 heavy (non-hydrogen) atoms. The summed E-state index contributed by atoms with van der Waals surface area (Å²) < 4.78 is 59.3. The third-order valence-corrected chi connectivity index (χ3v) is 7.16. The van der Waals surface area contributed by atoms with Gasteiger partial charge in [0.05, 0.1) is 25.0 Å². The predicted molar refractivity (Wildman–Crippen MR) is 147 cm³/mol.